The van der Waals surface area contributed by atoms with Crippen molar-refractivity contribution in [3.63, 3.8) is 0 Å². The zero-order valence-electron chi connectivity index (χ0n) is 14.0. The monoisotopic (exact) mass is 323 g/mol. The van der Waals surface area contributed by atoms with Gasteiger partial charge in [0, 0.05) is 44.0 Å². The molecule has 4 rings (SSSR count). The van der Waals surface area contributed by atoms with E-state index in [-0.39, 0.29) is 5.75 Å². The van der Waals surface area contributed by atoms with Crippen molar-refractivity contribution in [1.29, 1.82) is 0 Å². The van der Waals surface area contributed by atoms with E-state index in [0.717, 1.165) is 48.2 Å². The van der Waals surface area contributed by atoms with E-state index >= 15 is 0 Å². The molecule has 0 saturated carbocycles. The predicted molar refractivity (Wildman–Crippen MR) is 94.9 cm³/mol. The molecule has 24 heavy (non-hydrogen) atoms. The number of fused-ring (bicyclic) bond motifs is 2. The fourth-order valence-corrected chi connectivity index (χ4v) is 3.14. The van der Waals surface area contributed by atoms with Gasteiger partial charge in [-0.2, -0.15) is 0 Å². The van der Waals surface area contributed by atoms with Gasteiger partial charge in [0.2, 0.25) is 0 Å². The standard InChI is InChI=1S/C19H21N3O2/c1-3-13-4-5-15-17(10-13)24-18-12-14(11-16(23)19(18)20-15)22-8-6-21(2)7-9-22/h3-5,10-12,23H,6-9H2,1-2H3. The number of hydrogen-bond acceptors (Lipinski definition) is 5. The molecule has 2 aliphatic rings. The highest BCUT2D eigenvalue weighted by molar-refractivity contribution is 5.71. The first-order valence-corrected chi connectivity index (χ1v) is 8.27. The van der Waals surface area contributed by atoms with Crippen LogP contribution in [0.15, 0.2) is 35.3 Å². The van der Waals surface area contributed by atoms with Crippen LogP contribution in [0.5, 0.6) is 17.2 Å². The molecular formula is C19H21N3O2. The van der Waals surface area contributed by atoms with Crippen LogP contribution in [0.1, 0.15) is 6.92 Å². The van der Waals surface area contributed by atoms with Crippen LogP contribution < -0.4 is 20.2 Å². The van der Waals surface area contributed by atoms with E-state index in [4.69, 9.17) is 4.74 Å². The number of likely N-dealkylation sites (N-methyl/N-ethyl adjacent to an activating group) is 1. The first kappa shape index (κ1) is 15.0. The van der Waals surface area contributed by atoms with Crippen LogP contribution >= 0.6 is 0 Å². The fourth-order valence-electron chi connectivity index (χ4n) is 3.14. The summed E-state index contributed by atoms with van der Waals surface area (Å²) in [5, 5.41) is 12.3. The molecule has 2 aliphatic heterocycles. The molecule has 2 heterocycles. The van der Waals surface area contributed by atoms with Gasteiger partial charge in [-0.25, -0.2) is 4.99 Å². The van der Waals surface area contributed by atoms with Crippen molar-refractivity contribution < 1.29 is 9.84 Å². The maximum atomic E-state index is 10.4. The number of hydrogen-bond donors (Lipinski definition) is 1. The fraction of sp³-hybridized carbons (Fsp3) is 0.316. The van der Waals surface area contributed by atoms with E-state index in [1.54, 1.807) is 6.07 Å². The van der Waals surface area contributed by atoms with Gasteiger partial charge in [0.15, 0.2) is 11.5 Å². The number of phenolic OH excluding ortho intramolecular Hbond substituents is 1. The summed E-state index contributed by atoms with van der Waals surface area (Å²) >= 11 is 0. The number of aromatic hydroxyl groups is 1. The number of anilines is 1. The van der Waals surface area contributed by atoms with E-state index in [9.17, 15) is 5.11 Å². The average Bonchev–Trinajstić information content (AvgIpc) is 2.60. The van der Waals surface area contributed by atoms with Crippen LogP contribution in [0.25, 0.3) is 6.08 Å². The van der Waals surface area contributed by atoms with Crippen molar-refractivity contribution >= 4 is 17.5 Å². The quantitative estimate of drug-likeness (QED) is 0.744. The van der Waals surface area contributed by atoms with Gasteiger partial charge in [0.25, 0.3) is 0 Å². The third kappa shape index (κ3) is 2.61. The number of phenols is 1. The van der Waals surface area contributed by atoms with Gasteiger partial charge in [-0.3, -0.25) is 0 Å². The highest BCUT2D eigenvalue weighted by atomic mass is 16.5. The second kappa shape index (κ2) is 5.83. The first-order valence-electron chi connectivity index (χ1n) is 8.27. The summed E-state index contributed by atoms with van der Waals surface area (Å²) in [5.74, 6) is 1.51. The van der Waals surface area contributed by atoms with Gasteiger partial charge in [-0.05, 0) is 31.3 Å². The number of piperazine rings is 1. The topological polar surface area (TPSA) is 48.3 Å². The minimum atomic E-state index is 0.165. The molecule has 5 heteroatoms. The summed E-state index contributed by atoms with van der Waals surface area (Å²) in [5.41, 5.74) is 1.49. The lowest BCUT2D eigenvalue weighted by molar-refractivity contribution is 0.312. The van der Waals surface area contributed by atoms with Crippen molar-refractivity contribution in [1.82, 2.24) is 4.90 Å². The third-order valence-electron chi connectivity index (χ3n) is 4.68. The Hall–Kier alpha value is -2.53. The predicted octanol–water partition coefficient (Wildman–Crippen LogP) is 2.00. The number of benzene rings is 2. The van der Waals surface area contributed by atoms with Crippen molar-refractivity contribution in [2.45, 2.75) is 6.92 Å². The van der Waals surface area contributed by atoms with Gasteiger partial charge in [-0.15, -0.1) is 0 Å². The van der Waals surface area contributed by atoms with Crippen molar-refractivity contribution in [2.24, 2.45) is 4.99 Å². The van der Waals surface area contributed by atoms with E-state index in [0.29, 0.717) is 11.4 Å². The molecule has 2 aromatic rings. The highest BCUT2D eigenvalue weighted by Gasteiger charge is 2.21. The Bertz CT molecular complexity index is 900. The zero-order chi connectivity index (χ0) is 16.7. The molecule has 2 aromatic carbocycles. The van der Waals surface area contributed by atoms with Crippen LogP contribution in [-0.2, 0) is 0 Å². The van der Waals surface area contributed by atoms with Crippen LogP contribution in [0.4, 0.5) is 11.4 Å². The summed E-state index contributed by atoms with van der Waals surface area (Å²) in [4.78, 5) is 9.14. The van der Waals surface area contributed by atoms with Crippen molar-refractivity contribution in [3.05, 3.63) is 40.9 Å². The molecule has 0 aliphatic carbocycles. The largest absolute Gasteiger partial charge is 0.505 e. The molecule has 5 nitrogen and oxygen atoms in total. The van der Waals surface area contributed by atoms with Gasteiger partial charge < -0.3 is 19.6 Å². The van der Waals surface area contributed by atoms with Crippen molar-refractivity contribution in [2.75, 3.05) is 38.1 Å². The van der Waals surface area contributed by atoms with Crippen LogP contribution in [-0.4, -0.2) is 43.2 Å². The number of nitrogens with zero attached hydrogens (tertiary/aromatic N) is 3. The molecule has 0 amide bonds. The molecule has 0 atom stereocenters. The van der Waals surface area contributed by atoms with Crippen molar-refractivity contribution in [3.8, 4) is 17.2 Å². The lowest BCUT2D eigenvalue weighted by atomic mass is 10.1. The highest BCUT2D eigenvalue weighted by Crippen LogP contribution is 2.43. The molecule has 0 spiro atoms. The van der Waals surface area contributed by atoms with E-state index < -0.39 is 0 Å². The second-order valence-electron chi connectivity index (χ2n) is 6.33. The average molecular weight is 323 g/mol. The summed E-state index contributed by atoms with van der Waals surface area (Å²) in [6.45, 7) is 5.91. The molecule has 1 fully saturated rings. The van der Waals surface area contributed by atoms with Crippen LogP contribution in [0.2, 0.25) is 0 Å². The Kier molecular flexibility index (Phi) is 3.65. The minimum absolute atomic E-state index is 0.165. The second-order valence-corrected chi connectivity index (χ2v) is 6.33. The molecule has 1 saturated heterocycles. The Labute approximate surface area is 141 Å². The number of rotatable bonds is 1. The lowest BCUT2D eigenvalue weighted by Crippen LogP contribution is -2.44. The van der Waals surface area contributed by atoms with Gasteiger partial charge in [-0.1, -0.05) is 12.1 Å². The smallest absolute Gasteiger partial charge is 0.159 e. The molecule has 0 bridgehead atoms. The third-order valence-corrected chi connectivity index (χ3v) is 4.68. The summed E-state index contributed by atoms with van der Waals surface area (Å²) in [6.07, 6.45) is 2.03. The Balaban J connectivity index is 1.75. The summed E-state index contributed by atoms with van der Waals surface area (Å²) in [6, 6.07) is 9.65. The molecule has 1 N–H and O–H groups in total. The minimum Gasteiger partial charge on any atom is -0.505 e. The van der Waals surface area contributed by atoms with Gasteiger partial charge in [0.1, 0.15) is 16.8 Å². The van der Waals surface area contributed by atoms with Gasteiger partial charge in [0.05, 0.1) is 0 Å². The maximum Gasteiger partial charge on any atom is 0.159 e. The molecular weight excluding hydrogens is 302 g/mol. The summed E-state index contributed by atoms with van der Waals surface area (Å²) in [7, 11) is 2.13. The molecule has 124 valence electrons. The lowest BCUT2D eigenvalue weighted by Gasteiger charge is -2.34. The molecule has 0 radical (unpaired) electrons. The Morgan fingerprint density at radius 2 is 1.88 bits per heavy atom. The zero-order valence-corrected chi connectivity index (χ0v) is 14.0. The molecule has 0 aromatic heterocycles. The Morgan fingerprint density at radius 1 is 1.08 bits per heavy atom. The first-order chi connectivity index (χ1) is 11.6. The number of ether oxygens (including phenoxy) is 1. The van der Waals surface area contributed by atoms with E-state index in [1.165, 1.54) is 0 Å². The van der Waals surface area contributed by atoms with Crippen LogP contribution in [0, 0.1) is 0 Å². The van der Waals surface area contributed by atoms with E-state index in [2.05, 4.69) is 21.8 Å². The normalized spacial score (nSPS) is 17.8. The van der Waals surface area contributed by atoms with Gasteiger partial charge >= 0.3 is 0 Å². The SMILES string of the molecule is CC=c1ccc2c(c1)Oc1cc(N3CCN(C)CC3)cc(O)c1N=2. The Morgan fingerprint density at radius 3 is 2.62 bits per heavy atom. The van der Waals surface area contributed by atoms with Crippen LogP contribution in [0.3, 0.4) is 0 Å². The molecule has 0 unspecified atom stereocenters. The maximum absolute atomic E-state index is 10.4. The summed E-state index contributed by atoms with van der Waals surface area (Å²) < 4.78 is 6.04. The van der Waals surface area contributed by atoms with E-state index in [1.807, 2.05) is 37.3 Å².